The molecule has 0 radical (unpaired) electrons. The fourth-order valence-electron chi connectivity index (χ4n) is 1.59. The number of nitrogens with one attached hydrogen (secondary N) is 1. The van der Waals surface area contributed by atoms with Crippen molar-refractivity contribution in [2.75, 3.05) is 5.73 Å². The minimum atomic E-state index is -4.02. The quantitative estimate of drug-likeness (QED) is 0.833. The van der Waals surface area contributed by atoms with Crippen LogP contribution in [0.1, 0.15) is 17.2 Å². The Morgan fingerprint density at radius 2 is 2.10 bits per heavy atom. The number of aromatic nitrogens is 1. The van der Waals surface area contributed by atoms with Crippen molar-refractivity contribution >= 4 is 15.7 Å². The van der Waals surface area contributed by atoms with Crippen LogP contribution >= 0.6 is 0 Å². The van der Waals surface area contributed by atoms with Gasteiger partial charge in [-0.05, 0) is 31.5 Å². The standard InChI is InChI=1S/C12H14FN3O3S/c1-7-3-9(13)11(4-10(7)14)20(17,18)16-6-12-15-5-8(2)19-12/h3-5,16H,6,14H2,1-2H3. The van der Waals surface area contributed by atoms with E-state index >= 15 is 0 Å². The third-order valence-corrected chi connectivity index (χ3v) is 4.11. The number of anilines is 1. The van der Waals surface area contributed by atoms with E-state index in [0.717, 1.165) is 12.1 Å². The van der Waals surface area contributed by atoms with E-state index in [-0.39, 0.29) is 18.1 Å². The summed E-state index contributed by atoms with van der Waals surface area (Å²) in [5.74, 6) is -0.0932. The Labute approximate surface area is 115 Å². The number of nitrogen functional groups attached to an aromatic ring is 1. The summed E-state index contributed by atoms with van der Waals surface area (Å²) >= 11 is 0. The smallest absolute Gasteiger partial charge is 0.244 e. The monoisotopic (exact) mass is 299 g/mol. The minimum Gasteiger partial charge on any atom is -0.445 e. The van der Waals surface area contributed by atoms with Crippen molar-refractivity contribution in [1.29, 1.82) is 0 Å². The summed E-state index contributed by atoms with van der Waals surface area (Å²) in [5, 5.41) is 0. The number of halogens is 1. The predicted molar refractivity (Wildman–Crippen MR) is 70.8 cm³/mol. The summed E-state index contributed by atoms with van der Waals surface area (Å²) in [6.45, 7) is 3.12. The summed E-state index contributed by atoms with van der Waals surface area (Å²) in [4.78, 5) is 3.36. The van der Waals surface area contributed by atoms with Crippen LogP contribution in [0.5, 0.6) is 0 Å². The lowest BCUT2D eigenvalue weighted by Crippen LogP contribution is -2.24. The van der Waals surface area contributed by atoms with Crippen LogP contribution in [0.25, 0.3) is 0 Å². The summed E-state index contributed by atoms with van der Waals surface area (Å²) in [6.07, 6.45) is 1.47. The molecule has 1 aromatic heterocycles. The lowest BCUT2D eigenvalue weighted by Gasteiger charge is -2.08. The zero-order valence-electron chi connectivity index (χ0n) is 11.0. The largest absolute Gasteiger partial charge is 0.445 e. The van der Waals surface area contributed by atoms with E-state index in [4.69, 9.17) is 10.2 Å². The van der Waals surface area contributed by atoms with E-state index in [2.05, 4.69) is 9.71 Å². The number of sulfonamides is 1. The van der Waals surface area contributed by atoms with Crippen molar-refractivity contribution < 1.29 is 17.2 Å². The van der Waals surface area contributed by atoms with Gasteiger partial charge >= 0.3 is 0 Å². The second-order valence-electron chi connectivity index (χ2n) is 4.33. The number of benzene rings is 1. The molecule has 108 valence electrons. The van der Waals surface area contributed by atoms with Crippen LogP contribution in [0.4, 0.5) is 10.1 Å². The molecule has 0 aliphatic rings. The normalized spacial score (nSPS) is 11.8. The Hall–Kier alpha value is -1.93. The van der Waals surface area contributed by atoms with Crippen molar-refractivity contribution in [3.8, 4) is 0 Å². The molecule has 2 rings (SSSR count). The zero-order chi connectivity index (χ0) is 14.9. The number of rotatable bonds is 4. The molecule has 0 saturated heterocycles. The number of oxazole rings is 1. The van der Waals surface area contributed by atoms with Crippen LogP contribution in [-0.4, -0.2) is 13.4 Å². The van der Waals surface area contributed by atoms with Crippen LogP contribution < -0.4 is 10.5 Å². The fourth-order valence-corrected chi connectivity index (χ4v) is 2.66. The Morgan fingerprint density at radius 1 is 1.40 bits per heavy atom. The molecule has 1 aromatic carbocycles. The average molecular weight is 299 g/mol. The molecule has 6 nitrogen and oxygen atoms in total. The molecule has 3 N–H and O–H groups in total. The van der Waals surface area contributed by atoms with Crippen molar-refractivity contribution in [3.05, 3.63) is 41.4 Å². The van der Waals surface area contributed by atoms with Gasteiger partial charge in [-0.25, -0.2) is 22.5 Å². The van der Waals surface area contributed by atoms with Gasteiger partial charge in [0.25, 0.3) is 0 Å². The van der Waals surface area contributed by atoms with Gasteiger partial charge in [0.2, 0.25) is 15.9 Å². The van der Waals surface area contributed by atoms with Crippen molar-refractivity contribution in [3.63, 3.8) is 0 Å². The first kappa shape index (κ1) is 14.5. The summed E-state index contributed by atoms with van der Waals surface area (Å²) in [7, 11) is -4.02. The highest BCUT2D eigenvalue weighted by atomic mass is 32.2. The molecule has 0 unspecified atom stereocenters. The first-order chi connectivity index (χ1) is 9.29. The van der Waals surface area contributed by atoms with Crippen molar-refractivity contribution in [2.45, 2.75) is 25.3 Å². The molecule has 20 heavy (non-hydrogen) atoms. The Morgan fingerprint density at radius 3 is 2.70 bits per heavy atom. The predicted octanol–water partition coefficient (Wildman–Crippen LogP) is 1.49. The number of hydrogen-bond donors (Lipinski definition) is 2. The second-order valence-corrected chi connectivity index (χ2v) is 6.06. The maximum atomic E-state index is 13.7. The van der Waals surface area contributed by atoms with Crippen LogP contribution in [0.15, 0.2) is 27.6 Å². The van der Waals surface area contributed by atoms with Gasteiger partial charge in [-0.2, -0.15) is 0 Å². The Kier molecular flexibility index (Phi) is 3.78. The number of aryl methyl sites for hydroxylation is 2. The molecule has 0 aliphatic heterocycles. The fraction of sp³-hybridized carbons (Fsp3) is 0.250. The number of nitrogens with zero attached hydrogens (tertiary/aromatic N) is 1. The topological polar surface area (TPSA) is 98.2 Å². The van der Waals surface area contributed by atoms with Gasteiger partial charge in [-0.15, -0.1) is 0 Å². The second kappa shape index (κ2) is 5.22. The molecule has 0 aliphatic carbocycles. The van der Waals surface area contributed by atoms with Crippen molar-refractivity contribution in [1.82, 2.24) is 9.71 Å². The number of nitrogens with two attached hydrogens (primary N) is 1. The van der Waals surface area contributed by atoms with E-state index in [1.54, 1.807) is 13.8 Å². The van der Waals surface area contributed by atoms with E-state index in [0.29, 0.717) is 11.3 Å². The molecule has 0 spiro atoms. The molecular formula is C12H14FN3O3S. The summed E-state index contributed by atoms with van der Waals surface area (Å²) < 4.78 is 45.1. The molecule has 1 heterocycles. The molecule has 0 amide bonds. The van der Waals surface area contributed by atoms with Gasteiger partial charge in [-0.1, -0.05) is 0 Å². The number of hydrogen-bond acceptors (Lipinski definition) is 5. The van der Waals surface area contributed by atoms with Crippen LogP contribution in [0.3, 0.4) is 0 Å². The van der Waals surface area contributed by atoms with E-state index < -0.39 is 20.7 Å². The molecule has 0 bridgehead atoms. The lowest BCUT2D eigenvalue weighted by atomic mass is 10.2. The summed E-state index contributed by atoms with van der Waals surface area (Å²) in [6, 6.07) is 2.17. The van der Waals surface area contributed by atoms with Gasteiger partial charge in [0, 0.05) is 5.69 Å². The van der Waals surface area contributed by atoms with Crippen molar-refractivity contribution in [2.24, 2.45) is 0 Å². The van der Waals surface area contributed by atoms with Gasteiger partial charge in [0.1, 0.15) is 16.5 Å². The van der Waals surface area contributed by atoms with Gasteiger partial charge in [0.05, 0.1) is 12.7 Å². The SMILES string of the molecule is Cc1cnc(CNS(=O)(=O)c2cc(N)c(C)cc2F)o1. The highest BCUT2D eigenvalue weighted by Gasteiger charge is 2.20. The molecule has 0 fully saturated rings. The zero-order valence-corrected chi connectivity index (χ0v) is 11.8. The van der Waals surface area contributed by atoms with Gasteiger partial charge in [0.15, 0.2) is 0 Å². The maximum absolute atomic E-state index is 13.7. The first-order valence-electron chi connectivity index (χ1n) is 5.76. The highest BCUT2D eigenvalue weighted by molar-refractivity contribution is 7.89. The van der Waals surface area contributed by atoms with Crippen LogP contribution in [0.2, 0.25) is 0 Å². The average Bonchev–Trinajstić information content (AvgIpc) is 2.77. The van der Waals surface area contributed by atoms with Crippen LogP contribution in [-0.2, 0) is 16.6 Å². The molecular weight excluding hydrogens is 285 g/mol. The molecule has 2 aromatic rings. The lowest BCUT2D eigenvalue weighted by molar-refractivity contribution is 0.462. The highest BCUT2D eigenvalue weighted by Crippen LogP contribution is 2.21. The van der Waals surface area contributed by atoms with Crippen LogP contribution in [0, 0.1) is 19.7 Å². The van der Waals surface area contributed by atoms with Gasteiger partial charge in [-0.3, -0.25) is 0 Å². The Bertz CT molecular complexity index is 740. The molecule has 0 atom stereocenters. The first-order valence-corrected chi connectivity index (χ1v) is 7.24. The van der Waals surface area contributed by atoms with E-state index in [1.165, 1.54) is 6.20 Å². The maximum Gasteiger partial charge on any atom is 0.244 e. The third kappa shape index (κ3) is 2.97. The van der Waals surface area contributed by atoms with Gasteiger partial charge < -0.3 is 10.2 Å². The van der Waals surface area contributed by atoms with E-state index in [9.17, 15) is 12.8 Å². The Balaban J connectivity index is 2.24. The third-order valence-electron chi connectivity index (χ3n) is 2.69. The van der Waals surface area contributed by atoms with E-state index in [1.807, 2.05) is 0 Å². The summed E-state index contributed by atoms with van der Waals surface area (Å²) in [5.41, 5.74) is 6.29. The minimum absolute atomic E-state index is 0.163. The molecule has 0 saturated carbocycles. The molecule has 8 heteroatoms.